The number of halogens is 1. The molecule has 0 spiro atoms. The smallest absolute Gasteiger partial charge is 0.312 e. The predicted octanol–water partition coefficient (Wildman–Crippen LogP) is 0.175. The van der Waals surface area contributed by atoms with Crippen molar-refractivity contribution in [3.8, 4) is 0 Å². The summed E-state index contributed by atoms with van der Waals surface area (Å²) >= 11 is 5.38. The van der Waals surface area contributed by atoms with Crippen LogP contribution in [0.15, 0.2) is 0 Å². The van der Waals surface area contributed by atoms with Crippen LogP contribution >= 0.6 is 11.6 Å². The van der Waals surface area contributed by atoms with Crippen LogP contribution in [0.4, 0.5) is 4.79 Å². The predicted molar refractivity (Wildman–Crippen MR) is 114 cm³/mol. The Morgan fingerprint density at radius 2 is 1.53 bits per heavy atom. The lowest BCUT2D eigenvalue weighted by Gasteiger charge is -2.24. The van der Waals surface area contributed by atoms with Gasteiger partial charge in [-0.15, -0.1) is 11.6 Å². The molecule has 5 amide bonds. The number of hydrogen-bond acceptors (Lipinski definition) is 5. The topological polar surface area (TPSA) is 159 Å². The lowest BCUT2D eigenvalue weighted by molar-refractivity contribution is -0.132. The molecule has 0 aliphatic heterocycles. The number of nitrogens with two attached hydrogens (primary N) is 1. The zero-order chi connectivity index (χ0) is 23.1. The van der Waals surface area contributed by atoms with Crippen molar-refractivity contribution in [2.24, 2.45) is 11.7 Å². The summed E-state index contributed by atoms with van der Waals surface area (Å²) in [6.07, 6.45) is 2.17. The van der Waals surface area contributed by atoms with Gasteiger partial charge in [0.25, 0.3) is 0 Å². The summed E-state index contributed by atoms with van der Waals surface area (Å²) in [5, 5.41) is 10.4. The summed E-state index contributed by atoms with van der Waals surface area (Å²) in [6, 6.07) is -2.14. The van der Waals surface area contributed by atoms with E-state index in [9.17, 15) is 24.0 Å². The van der Waals surface area contributed by atoms with E-state index in [0.717, 1.165) is 0 Å². The largest absolute Gasteiger partial charge is 0.355 e. The highest BCUT2D eigenvalue weighted by molar-refractivity contribution is 6.27. The lowest BCUT2D eigenvalue weighted by atomic mass is 10.0. The summed E-state index contributed by atoms with van der Waals surface area (Å²) in [6.45, 7) is 5.69. The minimum absolute atomic E-state index is 0.103. The molecule has 0 saturated heterocycles. The van der Waals surface area contributed by atoms with Gasteiger partial charge >= 0.3 is 6.03 Å². The van der Waals surface area contributed by atoms with Crippen molar-refractivity contribution in [2.45, 2.75) is 65.0 Å². The Bertz CT molecular complexity index is 600. The third kappa shape index (κ3) is 13.0. The van der Waals surface area contributed by atoms with Crippen LogP contribution in [-0.2, 0) is 19.2 Å². The Morgan fingerprint density at radius 3 is 2.07 bits per heavy atom. The average Bonchev–Trinajstić information content (AvgIpc) is 2.66. The maximum Gasteiger partial charge on any atom is 0.312 e. The molecule has 0 heterocycles. The van der Waals surface area contributed by atoms with Crippen molar-refractivity contribution in [3.05, 3.63) is 0 Å². The summed E-state index contributed by atoms with van der Waals surface area (Å²) in [5.41, 5.74) is 4.99. The number of amides is 5. The van der Waals surface area contributed by atoms with Crippen LogP contribution in [-0.4, -0.2) is 60.6 Å². The van der Waals surface area contributed by atoms with Gasteiger partial charge in [0.2, 0.25) is 17.7 Å². The lowest BCUT2D eigenvalue weighted by Crippen LogP contribution is -2.53. The molecular weight excluding hydrogens is 414 g/mol. The minimum atomic E-state index is -0.779. The number of alkyl halides is 1. The summed E-state index contributed by atoms with van der Waals surface area (Å²) in [4.78, 5) is 58.4. The number of unbranched alkanes of at least 4 members (excludes halogenated alkanes) is 1. The highest BCUT2D eigenvalue weighted by Gasteiger charge is 2.27. The second kappa shape index (κ2) is 15.5. The van der Waals surface area contributed by atoms with E-state index < -0.39 is 24.0 Å². The number of Topliss-reactive ketones (excluding diaryl/α,β-unsaturated/α-hetero) is 1. The quantitative estimate of drug-likeness (QED) is 0.178. The summed E-state index contributed by atoms with van der Waals surface area (Å²) in [5.74, 6) is -1.47. The van der Waals surface area contributed by atoms with Gasteiger partial charge in [-0.05, 0) is 38.5 Å². The van der Waals surface area contributed by atoms with Crippen molar-refractivity contribution in [1.82, 2.24) is 21.3 Å². The van der Waals surface area contributed by atoms with Crippen molar-refractivity contribution in [1.29, 1.82) is 0 Å². The normalized spacial score (nSPS) is 12.6. The molecule has 11 heteroatoms. The Kier molecular flexibility index (Phi) is 14.3. The van der Waals surface area contributed by atoms with Gasteiger partial charge in [0.15, 0.2) is 5.78 Å². The van der Waals surface area contributed by atoms with Crippen LogP contribution in [0.2, 0.25) is 0 Å². The van der Waals surface area contributed by atoms with Gasteiger partial charge in [-0.25, -0.2) is 4.79 Å². The second-order valence-electron chi connectivity index (χ2n) is 7.33. The Labute approximate surface area is 182 Å². The number of primary amides is 1. The summed E-state index contributed by atoms with van der Waals surface area (Å²) in [7, 11) is 0. The molecule has 6 N–H and O–H groups in total. The van der Waals surface area contributed by atoms with Crippen LogP contribution in [0.5, 0.6) is 0 Å². The van der Waals surface area contributed by atoms with E-state index in [0.29, 0.717) is 38.8 Å². The first-order chi connectivity index (χ1) is 14.1. The Balaban J connectivity index is 4.54. The molecule has 30 heavy (non-hydrogen) atoms. The number of rotatable bonds is 15. The Hall–Kier alpha value is -2.36. The third-order valence-electron chi connectivity index (χ3n) is 4.32. The molecule has 2 atom stereocenters. The molecule has 172 valence electrons. The first-order valence-corrected chi connectivity index (χ1v) is 10.6. The van der Waals surface area contributed by atoms with E-state index in [4.69, 9.17) is 17.3 Å². The number of urea groups is 1. The van der Waals surface area contributed by atoms with Gasteiger partial charge < -0.3 is 27.0 Å². The molecule has 0 rings (SSSR count). The first kappa shape index (κ1) is 27.6. The SMILES string of the molecule is CC(=O)[C@H](CCCNC(N)=O)NC(=O)C(NC(=O)CCCCNC(=O)CCl)C(C)C. The highest BCUT2D eigenvalue weighted by Crippen LogP contribution is 2.06. The van der Waals surface area contributed by atoms with E-state index in [1.165, 1.54) is 6.92 Å². The number of nitrogens with one attached hydrogen (secondary N) is 4. The molecule has 0 aliphatic rings. The summed E-state index contributed by atoms with van der Waals surface area (Å²) < 4.78 is 0. The van der Waals surface area contributed by atoms with Crippen molar-refractivity contribution in [2.75, 3.05) is 19.0 Å². The molecule has 0 aromatic rings. The van der Waals surface area contributed by atoms with Gasteiger partial charge in [-0.1, -0.05) is 13.8 Å². The fraction of sp³-hybridized carbons (Fsp3) is 0.737. The molecule has 0 saturated carbocycles. The van der Waals surface area contributed by atoms with Crippen molar-refractivity contribution < 1.29 is 24.0 Å². The average molecular weight is 448 g/mol. The van der Waals surface area contributed by atoms with Crippen LogP contribution in [0.1, 0.15) is 52.9 Å². The molecule has 0 aromatic carbocycles. The monoisotopic (exact) mass is 447 g/mol. The van der Waals surface area contributed by atoms with Crippen molar-refractivity contribution in [3.63, 3.8) is 0 Å². The minimum Gasteiger partial charge on any atom is -0.355 e. The standard InChI is InChI=1S/C19H34ClN5O5/c1-12(2)17(25-15(27)8-4-5-9-22-16(28)11-20)18(29)24-14(13(3)26)7-6-10-23-19(21)30/h12,14,17H,4-11H2,1-3H3,(H,22,28)(H,24,29)(H,25,27)(H3,21,23,30)/t14-,17?/m0/s1. The molecule has 0 aliphatic carbocycles. The van der Waals surface area contributed by atoms with Gasteiger partial charge in [-0.2, -0.15) is 0 Å². The molecular formula is C19H34ClN5O5. The van der Waals surface area contributed by atoms with Gasteiger partial charge in [-0.3, -0.25) is 19.2 Å². The molecule has 0 fully saturated rings. The van der Waals surface area contributed by atoms with Gasteiger partial charge in [0, 0.05) is 19.5 Å². The Morgan fingerprint density at radius 1 is 0.900 bits per heavy atom. The number of hydrogen-bond donors (Lipinski definition) is 5. The fourth-order valence-electron chi connectivity index (χ4n) is 2.62. The maximum absolute atomic E-state index is 12.6. The fourth-order valence-corrected chi connectivity index (χ4v) is 2.72. The number of carbonyl (C=O) groups excluding carboxylic acids is 5. The molecule has 1 unspecified atom stereocenters. The van der Waals surface area contributed by atoms with Gasteiger partial charge in [0.1, 0.15) is 11.9 Å². The van der Waals surface area contributed by atoms with Crippen LogP contribution in [0, 0.1) is 5.92 Å². The first-order valence-electron chi connectivity index (χ1n) is 10.0. The maximum atomic E-state index is 12.6. The van der Waals surface area contributed by atoms with E-state index in [1.54, 1.807) is 13.8 Å². The third-order valence-corrected chi connectivity index (χ3v) is 4.56. The van der Waals surface area contributed by atoms with E-state index in [-0.39, 0.29) is 35.8 Å². The molecule has 0 radical (unpaired) electrons. The zero-order valence-electron chi connectivity index (χ0n) is 17.9. The molecule has 0 bridgehead atoms. The van der Waals surface area contributed by atoms with E-state index >= 15 is 0 Å². The highest BCUT2D eigenvalue weighted by atomic mass is 35.5. The molecule has 0 aromatic heterocycles. The van der Waals surface area contributed by atoms with Crippen LogP contribution in [0.3, 0.4) is 0 Å². The number of ketones is 1. The van der Waals surface area contributed by atoms with Crippen molar-refractivity contribution >= 4 is 41.1 Å². The zero-order valence-corrected chi connectivity index (χ0v) is 18.6. The second-order valence-corrected chi connectivity index (χ2v) is 7.60. The van der Waals surface area contributed by atoms with Gasteiger partial charge in [0.05, 0.1) is 6.04 Å². The van der Waals surface area contributed by atoms with E-state index in [2.05, 4.69) is 21.3 Å². The van der Waals surface area contributed by atoms with Crippen LogP contribution < -0.4 is 27.0 Å². The van der Waals surface area contributed by atoms with E-state index in [1.807, 2.05) is 0 Å². The number of carbonyl (C=O) groups is 5. The molecule has 10 nitrogen and oxygen atoms in total. The van der Waals surface area contributed by atoms with Crippen LogP contribution in [0.25, 0.3) is 0 Å².